The van der Waals surface area contributed by atoms with Crippen LogP contribution in [0.15, 0.2) is 63.5 Å². The van der Waals surface area contributed by atoms with Crippen molar-refractivity contribution in [1.82, 2.24) is 4.57 Å². The van der Waals surface area contributed by atoms with Crippen LogP contribution in [0.3, 0.4) is 0 Å². The molecule has 0 unspecified atom stereocenters. The highest BCUT2D eigenvalue weighted by Gasteiger charge is 2.37. The number of hydrogen-bond donors (Lipinski definition) is 0. The molecule has 0 saturated heterocycles. The third-order valence-corrected chi connectivity index (χ3v) is 8.85. The summed E-state index contributed by atoms with van der Waals surface area (Å²) in [6.45, 7) is 5.69. The van der Waals surface area contributed by atoms with Gasteiger partial charge >= 0.3 is 11.9 Å². The fourth-order valence-electron chi connectivity index (χ4n) is 5.75. The molecule has 0 spiro atoms. The first kappa shape index (κ1) is 30.9. The van der Waals surface area contributed by atoms with Gasteiger partial charge in [-0.05, 0) is 37.1 Å². The second kappa shape index (κ2) is 13.0. The molecule has 0 aliphatic carbocycles. The Labute approximate surface area is 258 Å². The van der Waals surface area contributed by atoms with E-state index in [0.29, 0.717) is 33.7 Å². The Bertz CT molecular complexity index is 1850. The third-order valence-electron chi connectivity index (χ3n) is 7.80. The smallest absolute Gasteiger partial charge is 0.338 e. The first-order valence-electron chi connectivity index (χ1n) is 14.6. The van der Waals surface area contributed by atoms with E-state index < -0.39 is 23.5 Å². The zero-order valence-electron chi connectivity index (χ0n) is 25.5. The molecule has 0 N–H and O–H groups in total. The van der Waals surface area contributed by atoms with Crippen molar-refractivity contribution in [2.75, 3.05) is 25.7 Å². The Morgan fingerprint density at radius 3 is 2.45 bits per heavy atom. The van der Waals surface area contributed by atoms with Crippen LogP contribution in [0.5, 0.6) is 11.5 Å². The van der Waals surface area contributed by atoms with E-state index in [4.69, 9.17) is 14.2 Å². The van der Waals surface area contributed by atoms with Crippen molar-refractivity contribution in [2.45, 2.75) is 58.9 Å². The van der Waals surface area contributed by atoms with E-state index in [-0.39, 0.29) is 27.5 Å². The molecule has 0 radical (unpaired) electrons. The van der Waals surface area contributed by atoms with E-state index in [1.54, 1.807) is 30.0 Å². The van der Waals surface area contributed by atoms with Gasteiger partial charge in [0, 0.05) is 19.0 Å². The van der Waals surface area contributed by atoms with Gasteiger partial charge in [0.25, 0.3) is 11.5 Å². The molecule has 44 heavy (non-hydrogen) atoms. The van der Waals surface area contributed by atoms with E-state index in [0.717, 1.165) is 49.1 Å². The van der Waals surface area contributed by atoms with Crippen molar-refractivity contribution in [3.63, 3.8) is 0 Å². The number of aromatic nitrogens is 1. The zero-order chi connectivity index (χ0) is 31.5. The van der Waals surface area contributed by atoms with Crippen molar-refractivity contribution in [3.8, 4) is 11.5 Å². The molecule has 10 nitrogen and oxygen atoms in total. The van der Waals surface area contributed by atoms with Crippen LogP contribution in [0, 0.1) is 0 Å². The number of methoxy groups -OCH3 is 2. The van der Waals surface area contributed by atoms with E-state index in [1.165, 1.54) is 25.7 Å². The molecule has 3 aromatic rings. The lowest BCUT2D eigenvalue weighted by molar-refractivity contribution is -0.136. The molecule has 1 aromatic heterocycles. The number of fused-ring (bicyclic) bond motifs is 2. The van der Waals surface area contributed by atoms with Crippen LogP contribution in [0.25, 0.3) is 5.57 Å². The molecule has 3 heterocycles. The second-order valence-electron chi connectivity index (χ2n) is 10.7. The first-order chi connectivity index (χ1) is 21.2. The molecule has 0 bridgehead atoms. The van der Waals surface area contributed by atoms with Crippen LogP contribution in [0.1, 0.15) is 70.0 Å². The number of rotatable bonds is 10. The number of ether oxygens (including phenoxy) is 3. The van der Waals surface area contributed by atoms with Crippen molar-refractivity contribution in [2.24, 2.45) is 4.99 Å². The number of hydrogen-bond acceptors (Lipinski definition) is 9. The molecular weight excluding hydrogens is 582 g/mol. The van der Waals surface area contributed by atoms with Crippen molar-refractivity contribution in [1.29, 1.82) is 0 Å². The maximum Gasteiger partial charge on any atom is 0.338 e. The van der Waals surface area contributed by atoms with Gasteiger partial charge in [-0.15, -0.1) is 0 Å². The van der Waals surface area contributed by atoms with Gasteiger partial charge in [0.2, 0.25) is 0 Å². The Hall–Kier alpha value is -4.51. The maximum atomic E-state index is 14.4. The number of thiazole rings is 1. The Kier molecular flexibility index (Phi) is 9.14. The molecule has 230 valence electrons. The van der Waals surface area contributed by atoms with Crippen LogP contribution in [-0.4, -0.2) is 43.2 Å². The van der Waals surface area contributed by atoms with E-state index in [9.17, 15) is 19.2 Å². The minimum absolute atomic E-state index is 0.172. The molecule has 2 aliphatic rings. The van der Waals surface area contributed by atoms with Gasteiger partial charge in [0.05, 0.1) is 42.8 Å². The summed E-state index contributed by atoms with van der Waals surface area (Å²) in [6.07, 6.45) is 5.29. The van der Waals surface area contributed by atoms with Crippen LogP contribution in [-0.2, 0) is 19.1 Å². The number of unbranched alkanes of at least 4 members (excludes halogenated alkanes) is 4. The van der Waals surface area contributed by atoms with Gasteiger partial charge in [-0.2, -0.15) is 0 Å². The number of allylic oxidation sites excluding steroid dienone is 1. The lowest BCUT2D eigenvalue weighted by Gasteiger charge is -2.25. The predicted molar refractivity (Wildman–Crippen MR) is 167 cm³/mol. The zero-order valence-corrected chi connectivity index (χ0v) is 26.3. The monoisotopic (exact) mass is 617 g/mol. The summed E-state index contributed by atoms with van der Waals surface area (Å²) in [6, 6.07) is 11.4. The quantitative estimate of drug-likeness (QED) is 0.192. The average molecular weight is 618 g/mol. The molecule has 0 fully saturated rings. The molecule has 2 aromatic carbocycles. The van der Waals surface area contributed by atoms with Gasteiger partial charge in [-0.1, -0.05) is 68.2 Å². The molecule has 2 aliphatic heterocycles. The number of benzene rings is 2. The van der Waals surface area contributed by atoms with Crippen LogP contribution in [0.2, 0.25) is 0 Å². The van der Waals surface area contributed by atoms with Gasteiger partial charge in [-0.3, -0.25) is 19.0 Å². The normalized spacial score (nSPS) is 16.8. The average Bonchev–Trinajstić information content (AvgIpc) is 3.47. The molecule has 1 atom stereocenters. The first-order valence-corrected chi connectivity index (χ1v) is 15.4. The fourth-order valence-corrected chi connectivity index (χ4v) is 6.88. The standard InChI is InChI=1S/C33H35N3O7S/c1-6-7-8-9-12-17-35-23-14-11-10-13-22(23)27(30(35)38)29-31(39)36-28(26(32(40)42-5)19(2)34-33(36)44-29)21-15-16-24(43-20(3)37)25(18-21)41-4/h10-11,13-16,18,28H,6-9,12,17H2,1-5H3/b29-27-/t28-/m1/s1. The van der Waals surface area contributed by atoms with Crippen LogP contribution >= 0.6 is 11.3 Å². The lowest BCUT2D eigenvalue weighted by Crippen LogP contribution is -2.41. The van der Waals surface area contributed by atoms with Crippen molar-refractivity contribution in [3.05, 3.63) is 84.5 Å². The molecule has 1 amide bonds. The second-order valence-corrected chi connectivity index (χ2v) is 11.6. The van der Waals surface area contributed by atoms with E-state index in [1.807, 2.05) is 24.3 Å². The van der Waals surface area contributed by atoms with Gasteiger partial charge < -0.3 is 19.1 Å². The number of nitrogens with zero attached hydrogens (tertiary/aromatic N) is 3. The number of esters is 2. The fraction of sp³-hybridized carbons (Fsp3) is 0.364. The number of para-hydroxylation sites is 1. The van der Waals surface area contributed by atoms with Crippen molar-refractivity contribution >= 4 is 40.4 Å². The van der Waals surface area contributed by atoms with Gasteiger partial charge in [-0.25, -0.2) is 9.79 Å². The number of carbonyl (C=O) groups is 3. The summed E-state index contributed by atoms with van der Waals surface area (Å²) in [5, 5.41) is 0. The van der Waals surface area contributed by atoms with Crippen LogP contribution < -0.4 is 29.3 Å². The molecule has 11 heteroatoms. The predicted octanol–water partition coefficient (Wildman–Crippen LogP) is 4.03. The molecular formula is C33H35N3O7S. The number of amides is 1. The minimum atomic E-state index is -0.935. The van der Waals surface area contributed by atoms with Crippen LogP contribution in [0.4, 0.5) is 5.69 Å². The highest BCUT2D eigenvalue weighted by Crippen LogP contribution is 2.38. The summed E-state index contributed by atoms with van der Waals surface area (Å²) in [4.78, 5) is 59.8. The molecule has 5 rings (SSSR count). The summed E-state index contributed by atoms with van der Waals surface area (Å²) in [5.74, 6) is -0.945. The van der Waals surface area contributed by atoms with E-state index >= 15 is 0 Å². The number of anilines is 1. The largest absolute Gasteiger partial charge is 0.493 e. The van der Waals surface area contributed by atoms with E-state index in [2.05, 4.69) is 11.9 Å². The third kappa shape index (κ3) is 5.59. The van der Waals surface area contributed by atoms with Gasteiger partial charge in [0.1, 0.15) is 4.53 Å². The summed E-state index contributed by atoms with van der Waals surface area (Å²) in [5.41, 5.74) is 2.43. The highest BCUT2D eigenvalue weighted by molar-refractivity contribution is 7.07. The van der Waals surface area contributed by atoms with Crippen molar-refractivity contribution < 1.29 is 28.6 Å². The number of carbonyl (C=O) groups excluding carboxylic acids is 3. The maximum absolute atomic E-state index is 14.4. The summed E-state index contributed by atoms with van der Waals surface area (Å²) >= 11 is 1.12. The highest BCUT2D eigenvalue weighted by atomic mass is 32.1. The summed E-state index contributed by atoms with van der Waals surface area (Å²) < 4.78 is 17.5. The SMILES string of the molecule is CCCCCCCN1C(=O)/C(=c2\sc3n(c2=O)[C@H](c2ccc(OC(C)=O)c(OC)c2)C(C(=O)OC)=C(C)N=3)c2ccccc21. The Balaban J connectivity index is 1.69. The Morgan fingerprint density at radius 1 is 1.00 bits per heavy atom. The minimum Gasteiger partial charge on any atom is -0.493 e. The van der Waals surface area contributed by atoms with Gasteiger partial charge in [0.15, 0.2) is 16.3 Å². The Morgan fingerprint density at radius 2 is 1.75 bits per heavy atom. The topological polar surface area (TPSA) is 117 Å². The summed E-state index contributed by atoms with van der Waals surface area (Å²) in [7, 11) is 2.70. The lowest BCUT2D eigenvalue weighted by atomic mass is 9.95. The molecule has 0 saturated carbocycles.